The zero-order valence-electron chi connectivity index (χ0n) is 11.3. The van der Waals surface area contributed by atoms with E-state index >= 15 is 0 Å². The van der Waals surface area contributed by atoms with Gasteiger partial charge in [0.1, 0.15) is 0 Å². The van der Waals surface area contributed by atoms with E-state index in [4.69, 9.17) is 15.6 Å². The summed E-state index contributed by atoms with van der Waals surface area (Å²) >= 11 is 0. The van der Waals surface area contributed by atoms with Crippen LogP contribution in [-0.2, 0) is 19.7 Å². The smallest absolute Gasteiger partial charge is 0.328 e. The Labute approximate surface area is 116 Å². The van der Waals surface area contributed by atoms with E-state index in [9.17, 15) is 9.59 Å². The Hall–Kier alpha value is -2.08. The number of aliphatic carboxylic acids is 1. The van der Waals surface area contributed by atoms with Gasteiger partial charge in [0, 0.05) is 12.8 Å². The molecule has 0 aliphatic heterocycles. The van der Waals surface area contributed by atoms with Crippen LogP contribution in [0.3, 0.4) is 0 Å². The van der Waals surface area contributed by atoms with Crippen LogP contribution in [0.2, 0.25) is 0 Å². The number of carbonyl (C=O) groups excluding carboxylic acids is 1. The van der Waals surface area contributed by atoms with Crippen molar-refractivity contribution in [3.63, 3.8) is 0 Å². The quantitative estimate of drug-likeness (QED) is 0.658. The molecule has 1 fully saturated rings. The van der Waals surface area contributed by atoms with Crippen molar-refractivity contribution >= 4 is 17.6 Å². The van der Waals surface area contributed by atoms with E-state index in [0.29, 0.717) is 18.5 Å². The topological polar surface area (TPSA) is 102 Å². The highest BCUT2D eigenvalue weighted by Gasteiger charge is 2.51. The van der Waals surface area contributed by atoms with Gasteiger partial charge in [0.15, 0.2) is 6.04 Å². The average molecular weight is 278 g/mol. The lowest BCUT2D eigenvalue weighted by Crippen LogP contribution is -2.47. The molecular weight excluding hydrogens is 260 g/mol. The fourth-order valence-corrected chi connectivity index (χ4v) is 2.21. The number of hydrogen-bond donors (Lipinski definition) is 3. The summed E-state index contributed by atoms with van der Waals surface area (Å²) in [4.78, 5) is 23.4. The number of carboxylic acid groups (broad SMARTS) is 1. The minimum Gasteiger partial charge on any atom is -0.480 e. The molecule has 1 aromatic carbocycles. The Bertz CT molecular complexity index is 508. The molecule has 0 radical (unpaired) electrons. The number of hydrogen-bond acceptors (Lipinski definition) is 4. The molecule has 6 heteroatoms. The fraction of sp³-hybridized carbons (Fsp3) is 0.429. The molecule has 20 heavy (non-hydrogen) atoms. The van der Waals surface area contributed by atoms with Crippen LogP contribution < -0.4 is 11.1 Å². The number of benzene rings is 1. The Morgan fingerprint density at radius 1 is 1.40 bits per heavy atom. The first-order chi connectivity index (χ1) is 9.49. The van der Waals surface area contributed by atoms with Gasteiger partial charge >= 0.3 is 5.97 Å². The van der Waals surface area contributed by atoms with Gasteiger partial charge in [-0.05, 0) is 30.5 Å². The summed E-state index contributed by atoms with van der Waals surface area (Å²) in [5, 5.41) is 11.6. The van der Waals surface area contributed by atoms with Gasteiger partial charge in [0.05, 0.1) is 12.0 Å². The first-order valence-electron chi connectivity index (χ1n) is 6.38. The summed E-state index contributed by atoms with van der Waals surface area (Å²) in [5.74, 6) is -1.37. The van der Waals surface area contributed by atoms with Crippen LogP contribution in [0.4, 0.5) is 5.69 Å². The third-order valence-corrected chi connectivity index (χ3v) is 3.58. The molecule has 108 valence electrons. The summed E-state index contributed by atoms with van der Waals surface area (Å²) < 4.78 is 4.81. The van der Waals surface area contributed by atoms with Crippen LogP contribution in [0.25, 0.3) is 0 Å². The van der Waals surface area contributed by atoms with Gasteiger partial charge in [-0.2, -0.15) is 0 Å². The lowest BCUT2D eigenvalue weighted by atomic mass is 9.94. The highest BCUT2D eigenvalue weighted by atomic mass is 16.5. The molecule has 1 aromatic rings. The second-order valence-corrected chi connectivity index (χ2v) is 5.02. The Kier molecular flexibility index (Phi) is 3.94. The normalized spacial score (nSPS) is 17.2. The van der Waals surface area contributed by atoms with Crippen LogP contribution in [0.1, 0.15) is 18.4 Å². The molecule has 1 saturated carbocycles. The Balaban J connectivity index is 2.12. The van der Waals surface area contributed by atoms with Crippen molar-refractivity contribution in [2.75, 3.05) is 19.5 Å². The first kappa shape index (κ1) is 14.3. The summed E-state index contributed by atoms with van der Waals surface area (Å²) in [7, 11) is 1.40. The molecule has 0 bridgehead atoms. The van der Waals surface area contributed by atoms with Crippen molar-refractivity contribution in [1.82, 2.24) is 5.32 Å². The van der Waals surface area contributed by atoms with Gasteiger partial charge in [0.25, 0.3) is 0 Å². The number of methoxy groups -OCH3 is 1. The van der Waals surface area contributed by atoms with Crippen molar-refractivity contribution in [2.45, 2.75) is 24.3 Å². The average Bonchev–Trinajstić information content (AvgIpc) is 3.20. The van der Waals surface area contributed by atoms with Gasteiger partial charge in [0.2, 0.25) is 5.91 Å². The number of amides is 1. The molecule has 4 N–H and O–H groups in total. The van der Waals surface area contributed by atoms with Crippen molar-refractivity contribution in [3.05, 3.63) is 29.8 Å². The lowest BCUT2D eigenvalue weighted by Gasteiger charge is -2.19. The lowest BCUT2D eigenvalue weighted by molar-refractivity contribution is -0.143. The van der Waals surface area contributed by atoms with E-state index in [1.807, 2.05) is 12.1 Å². The zero-order valence-corrected chi connectivity index (χ0v) is 11.3. The van der Waals surface area contributed by atoms with Crippen molar-refractivity contribution in [1.29, 1.82) is 0 Å². The van der Waals surface area contributed by atoms with Crippen molar-refractivity contribution < 1.29 is 19.4 Å². The van der Waals surface area contributed by atoms with Gasteiger partial charge < -0.3 is 20.9 Å². The molecule has 2 rings (SSSR count). The van der Waals surface area contributed by atoms with Gasteiger partial charge in [-0.25, -0.2) is 4.79 Å². The number of ether oxygens (including phenoxy) is 1. The largest absolute Gasteiger partial charge is 0.480 e. The van der Waals surface area contributed by atoms with Gasteiger partial charge in [-0.3, -0.25) is 4.79 Å². The Morgan fingerprint density at radius 2 is 2.00 bits per heavy atom. The summed E-state index contributed by atoms with van der Waals surface area (Å²) in [6, 6.07) is 6.08. The van der Waals surface area contributed by atoms with Crippen LogP contribution in [-0.4, -0.2) is 36.7 Å². The van der Waals surface area contributed by atoms with E-state index in [0.717, 1.165) is 5.56 Å². The molecular formula is C14H18N2O4. The number of carboxylic acids is 1. The molecule has 0 aromatic heterocycles. The highest BCUT2D eigenvalue weighted by Crippen LogP contribution is 2.48. The maximum atomic E-state index is 12.3. The van der Waals surface area contributed by atoms with E-state index < -0.39 is 17.4 Å². The summed E-state index contributed by atoms with van der Waals surface area (Å²) in [6.07, 6.45) is 1.42. The number of anilines is 1. The predicted molar refractivity (Wildman–Crippen MR) is 73.2 cm³/mol. The van der Waals surface area contributed by atoms with E-state index in [1.165, 1.54) is 7.11 Å². The van der Waals surface area contributed by atoms with Crippen molar-refractivity contribution in [3.8, 4) is 0 Å². The Morgan fingerprint density at radius 3 is 2.45 bits per heavy atom. The molecule has 0 saturated heterocycles. The third-order valence-electron chi connectivity index (χ3n) is 3.58. The summed E-state index contributed by atoms with van der Waals surface area (Å²) in [6.45, 7) is -0.0567. The molecule has 1 aliphatic carbocycles. The molecule has 1 atom stereocenters. The molecule has 1 aliphatic rings. The SMILES string of the molecule is COCC(NC(=O)C1(c2ccc(N)cc2)CC1)C(=O)O. The molecule has 1 unspecified atom stereocenters. The van der Waals surface area contributed by atoms with Gasteiger partial charge in [-0.15, -0.1) is 0 Å². The monoisotopic (exact) mass is 278 g/mol. The highest BCUT2D eigenvalue weighted by molar-refractivity contribution is 5.94. The number of nitrogens with one attached hydrogen (secondary N) is 1. The number of carbonyl (C=O) groups is 2. The molecule has 1 amide bonds. The molecule has 0 heterocycles. The van der Waals surface area contributed by atoms with Crippen LogP contribution in [0.5, 0.6) is 0 Å². The number of nitrogen functional groups attached to an aromatic ring is 1. The zero-order chi connectivity index (χ0) is 14.8. The van der Waals surface area contributed by atoms with E-state index in [1.54, 1.807) is 12.1 Å². The minimum absolute atomic E-state index is 0.0567. The standard InChI is InChI=1S/C14H18N2O4/c1-20-8-11(12(17)18)16-13(19)14(6-7-14)9-2-4-10(15)5-3-9/h2-5,11H,6-8,15H2,1H3,(H,16,19)(H,17,18). The second kappa shape index (κ2) is 5.50. The number of rotatable bonds is 6. The minimum atomic E-state index is -1.10. The predicted octanol–water partition coefficient (Wildman–Crippen LogP) is 0.516. The van der Waals surface area contributed by atoms with E-state index in [2.05, 4.69) is 5.32 Å². The fourth-order valence-electron chi connectivity index (χ4n) is 2.21. The summed E-state index contributed by atoms with van der Waals surface area (Å²) in [5.41, 5.74) is 6.51. The van der Waals surface area contributed by atoms with Crippen LogP contribution in [0.15, 0.2) is 24.3 Å². The third kappa shape index (κ3) is 2.75. The van der Waals surface area contributed by atoms with E-state index in [-0.39, 0.29) is 12.5 Å². The van der Waals surface area contributed by atoms with Crippen LogP contribution >= 0.6 is 0 Å². The van der Waals surface area contributed by atoms with Gasteiger partial charge in [-0.1, -0.05) is 12.1 Å². The maximum Gasteiger partial charge on any atom is 0.328 e. The molecule has 0 spiro atoms. The second-order valence-electron chi connectivity index (χ2n) is 5.02. The number of nitrogens with two attached hydrogens (primary N) is 1. The molecule has 6 nitrogen and oxygen atoms in total. The van der Waals surface area contributed by atoms with Crippen LogP contribution in [0, 0.1) is 0 Å². The first-order valence-corrected chi connectivity index (χ1v) is 6.38. The maximum absolute atomic E-state index is 12.3. The van der Waals surface area contributed by atoms with Crippen molar-refractivity contribution in [2.24, 2.45) is 0 Å².